The fourth-order valence-corrected chi connectivity index (χ4v) is 5.83. The zero-order valence-corrected chi connectivity index (χ0v) is 14.5. The zero-order chi connectivity index (χ0) is 15.4. The standard InChI is InChI=1S/C17H22O3S2/c1-19-15-11-13(17-21-9-10-22-17)7-8-14(15)20-16(18)12-5-3-2-4-6-12/h7-8,11-12,17H,2-6,9-10H2,1H3. The number of methoxy groups -OCH3 is 1. The highest BCUT2D eigenvalue weighted by atomic mass is 32.2. The first-order valence-electron chi connectivity index (χ1n) is 7.91. The lowest BCUT2D eigenvalue weighted by Gasteiger charge is -2.20. The van der Waals surface area contributed by atoms with Crippen LogP contribution in [0.1, 0.15) is 42.2 Å². The molecule has 3 rings (SSSR count). The maximum atomic E-state index is 12.3. The van der Waals surface area contributed by atoms with E-state index in [1.165, 1.54) is 23.5 Å². The Morgan fingerprint density at radius 1 is 1.09 bits per heavy atom. The molecule has 0 amide bonds. The van der Waals surface area contributed by atoms with Gasteiger partial charge in [0.15, 0.2) is 11.5 Å². The van der Waals surface area contributed by atoms with Crippen LogP contribution in [0, 0.1) is 5.92 Å². The van der Waals surface area contributed by atoms with Gasteiger partial charge in [-0.2, -0.15) is 0 Å². The van der Waals surface area contributed by atoms with Gasteiger partial charge in [-0.15, -0.1) is 23.5 Å². The largest absolute Gasteiger partial charge is 0.493 e. The number of hydrogen-bond acceptors (Lipinski definition) is 5. The minimum Gasteiger partial charge on any atom is -0.493 e. The van der Waals surface area contributed by atoms with Gasteiger partial charge in [0.05, 0.1) is 17.6 Å². The van der Waals surface area contributed by atoms with E-state index in [9.17, 15) is 4.79 Å². The summed E-state index contributed by atoms with van der Waals surface area (Å²) in [6.45, 7) is 0. The summed E-state index contributed by atoms with van der Waals surface area (Å²) in [6.07, 6.45) is 5.40. The van der Waals surface area contributed by atoms with Gasteiger partial charge >= 0.3 is 5.97 Å². The third kappa shape index (κ3) is 3.74. The number of thioether (sulfide) groups is 2. The Hall–Kier alpha value is -0.810. The molecule has 0 radical (unpaired) electrons. The molecular weight excluding hydrogens is 316 g/mol. The van der Waals surface area contributed by atoms with E-state index < -0.39 is 0 Å². The number of ether oxygens (including phenoxy) is 2. The van der Waals surface area contributed by atoms with Crippen molar-refractivity contribution in [1.29, 1.82) is 0 Å². The SMILES string of the molecule is COc1cc(C2SCCS2)ccc1OC(=O)C1CCCCC1. The molecule has 0 bridgehead atoms. The van der Waals surface area contributed by atoms with Gasteiger partial charge in [-0.05, 0) is 30.5 Å². The van der Waals surface area contributed by atoms with Gasteiger partial charge in [-0.1, -0.05) is 25.3 Å². The van der Waals surface area contributed by atoms with Gasteiger partial charge in [0, 0.05) is 11.5 Å². The summed E-state index contributed by atoms with van der Waals surface area (Å²) in [5, 5.41) is 0. The fraction of sp³-hybridized carbons (Fsp3) is 0.588. The molecule has 2 aliphatic rings. The van der Waals surface area contributed by atoms with Crippen molar-refractivity contribution in [2.75, 3.05) is 18.6 Å². The van der Waals surface area contributed by atoms with Crippen LogP contribution in [0.3, 0.4) is 0 Å². The maximum Gasteiger partial charge on any atom is 0.314 e. The molecule has 1 aliphatic heterocycles. The van der Waals surface area contributed by atoms with Gasteiger partial charge in [0.25, 0.3) is 0 Å². The fourth-order valence-electron chi connectivity index (χ4n) is 3.00. The van der Waals surface area contributed by atoms with Crippen molar-refractivity contribution < 1.29 is 14.3 Å². The van der Waals surface area contributed by atoms with Gasteiger partial charge in [-0.3, -0.25) is 4.79 Å². The summed E-state index contributed by atoms with van der Waals surface area (Å²) in [6, 6.07) is 5.95. The molecule has 0 atom stereocenters. The molecule has 0 unspecified atom stereocenters. The van der Waals surface area contributed by atoms with Crippen LogP contribution in [0.25, 0.3) is 0 Å². The molecule has 22 heavy (non-hydrogen) atoms. The van der Waals surface area contributed by atoms with Gasteiger partial charge in [0.2, 0.25) is 0 Å². The molecule has 1 heterocycles. The van der Waals surface area contributed by atoms with Gasteiger partial charge < -0.3 is 9.47 Å². The number of esters is 1. The normalized spacial score (nSPS) is 20.0. The highest BCUT2D eigenvalue weighted by molar-refractivity contribution is 8.19. The van der Waals surface area contributed by atoms with E-state index in [1.807, 2.05) is 35.7 Å². The lowest BCUT2D eigenvalue weighted by atomic mass is 9.89. The average molecular weight is 338 g/mol. The summed E-state index contributed by atoms with van der Waals surface area (Å²) >= 11 is 3.91. The Morgan fingerprint density at radius 2 is 1.82 bits per heavy atom. The topological polar surface area (TPSA) is 35.5 Å². The number of carbonyl (C=O) groups is 1. The zero-order valence-electron chi connectivity index (χ0n) is 12.9. The van der Waals surface area contributed by atoms with E-state index >= 15 is 0 Å². The van der Waals surface area contributed by atoms with Crippen molar-refractivity contribution in [2.45, 2.75) is 36.7 Å². The summed E-state index contributed by atoms with van der Waals surface area (Å²) in [5.74, 6) is 3.55. The first-order chi connectivity index (χ1) is 10.8. The van der Waals surface area contributed by atoms with Crippen LogP contribution in [0.2, 0.25) is 0 Å². The lowest BCUT2D eigenvalue weighted by molar-refractivity contribution is -0.140. The first kappa shape index (κ1) is 16.1. The number of carbonyl (C=O) groups excluding carboxylic acids is 1. The maximum absolute atomic E-state index is 12.3. The number of hydrogen-bond donors (Lipinski definition) is 0. The Bertz CT molecular complexity index is 521. The van der Waals surface area contributed by atoms with Crippen molar-refractivity contribution in [2.24, 2.45) is 5.92 Å². The van der Waals surface area contributed by atoms with Crippen LogP contribution >= 0.6 is 23.5 Å². The summed E-state index contributed by atoms with van der Waals surface area (Å²) in [5.41, 5.74) is 1.24. The quantitative estimate of drug-likeness (QED) is 0.589. The van der Waals surface area contributed by atoms with E-state index in [1.54, 1.807) is 7.11 Å². The predicted octanol–water partition coefficient (Wildman–Crippen LogP) is 4.66. The Balaban J connectivity index is 1.71. The molecule has 2 fully saturated rings. The van der Waals surface area contributed by atoms with E-state index in [4.69, 9.17) is 9.47 Å². The molecule has 1 saturated carbocycles. The predicted molar refractivity (Wildman–Crippen MR) is 92.9 cm³/mol. The first-order valence-corrected chi connectivity index (χ1v) is 10.0. The summed E-state index contributed by atoms with van der Waals surface area (Å²) in [4.78, 5) is 12.3. The van der Waals surface area contributed by atoms with Crippen LogP contribution in [0.4, 0.5) is 0 Å². The van der Waals surface area contributed by atoms with E-state index in [0.717, 1.165) is 25.7 Å². The van der Waals surface area contributed by atoms with Gasteiger partial charge in [-0.25, -0.2) is 0 Å². The Labute approximate surface area is 140 Å². The van der Waals surface area contributed by atoms with Crippen LogP contribution in [0.5, 0.6) is 11.5 Å². The minimum atomic E-state index is -0.102. The van der Waals surface area contributed by atoms with Crippen LogP contribution in [0.15, 0.2) is 18.2 Å². The second kappa shape index (κ2) is 7.64. The Morgan fingerprint density at radius 3 is 2.50 bits per heavy atom. The number of benzene rings is 1. The molecule has 1 aliphatic carbocycles. The van der Waals surface area contributed by atoms with Crippen molar-refractivity contribution >= 4 is 29.5 Å². The molecule has 1 saturated heterocycles. The number of rotatable bonds is 4. The highest BCUT2D eigenvalue weighted by Crippen LogP contribution is 2.47. The molecule has 0 N–H and O–H groups in total. The Kier molecular flexibility index (Phi) is 5.58. The van der Waals surface area contributed by atoms with Crippen molar-refractivity contribution in [3.05, 3.63) is 23.8 Å². The third-order valence-electron chi connectivity index (χ3n) is 4.23. The van der Waals surface area contributed by atoms with E-state index in [0.29, 0.717) is 16.1 Å². The highest BCUT2D eigenvalue weighted by Gasteiger charge is 2.25. The molecule has 1 aromatic carbocycles. The minimum absolute atomic E-state index is 0.0547. The average Bonchev–Trinajstić information content (AvgIpc) is 3.10. The van der Waals surface area contributed by atoms with Crippen LogP contribution in [-0.2, 0) is 4.79 Å². The van der Waals surface area contributed by atoms with Gasteiger partial charge in [0.1, 0.15) is 0 Å². The van der Waals surface area contributed by atoms with Crippen molar-refractivity contribution in [3.8, 4) is 11.5 Å². The van der Waals surface area contributed by atoms with Crippen LogP contribution < -0.4 is 9.47 Å². The molecule has 120 valence electrons. The molecule has 1 aromatic rings. The second-order valence-electron chi connectivity index (χ2n) is 5.74. The third-order valence-corrected chi connectivity index (χ3v) is 7.34. The second-order valence-corrected chi connectivity index (χ2v) is 8.46. The molecule has 0 aromatic heterocycles. The molecule has 0 spiro atoms. The van der Waals surface area contributed by atoms with Crippen LogP contribution in [-0.4, -0.2) is 24.6 Å². The smallest absolute Gasteiger partial charge is 0.314 e. The van der Waals surface area contributed by atoms with Crippen molar-refractivity contribution in [3.63, 3.8) is 0 Å². The molecule has 3 nitrogen and oxygen atoms in total. The molecule has 5 heteroatoms. The summed E-state index contributed by atoms with van der Waals surface area (Å²) in [7, 11) is 1.63. The van der Waals surface area contributed by atoms with E-state index in [2.05, 4.69) is 6.07 Å². The monoisotopic (exact) mass is 338 g/mol. The van der Waals surface area contributed by atoms with Crippen molar-refractivity contribution in [1.82, 2.24) is 0 Å². The molecular formula is C17H22O3S2. The van der Waals surface area contributed by atoms with E-state index in [-0.39, 0.29) is 11.9 Å². The lowest BCUT2D eigenvalue weighted by Crippen LogP contribution is -2.22. The summed E-state index contributed by atoms with van der Waals surface area (Å²) < 4.78 is 11.5.